The molecule has 0 aliphatic rings. The minimum absolute atomic E-state index is 0.111. The van der Waals surface area contributed by atoms with E-state index in [0.29, 0.717) is 12.1 Å². The summed E-state index contributed by atoms with van der Waals surface area (Å²) in [6, 6.07) is 17.7. The molecule has 0 saturated carbocycles. The summed E-state index contributed by atoms with van der Waals surface area (Å²) in [7, 11) is -4.18. The lowest BCUT2D eigenvalue weighted by molar-refractivity contribution is -0.645. The van der Waals surface area contributed by atoms with Gasteiger partial charge in [0.05, 0.1) is 6.54 Å². The fraction of sp³-hybridized carbons (Fsp3) is 0.150. The van der Waals surface area contributed by atoms with Gasteiger partial charge in [0, 0.05) is 15.0 Å². The molecule has 0 saturated heterocycles. The zero-order chi connectivity index (χ0) is 24.8. The highest BCUT2D eigenvalue weighted by Gasteiger charge is 2.36. The predicted molar refractivity (Wildman–Crippen MR) is 123 cm³/mol. The largest absolute Gasteiger partial charge is 0.741 e. The number of benzene rings is 2. The standard InChI is InChI=1S/C19H17IN4O.CHF3O3S/c1-24-12-15(10-14-6-2-3-8-17(14)24)18(25)23-19(21)22-11-13-5-4-7-16(20)9-13;2-1(3,4)8(5,6)7/h2-10,12H,11H2,1H3,(H2-,21,22,23,25);(H,5,6,7)/i1-1;. The number of guanidine groups is 1. The molecule has 3 aromatic rings. The lowest BCUT2D eigenvalue weighted by atomic mass is 10.1. The Morgan fingerprint density at radius 2 is 1.82 bits per heavy atom. The molecule has 1 heterocycles. The summed E-state index contributed by atoms with van der Waals surface area (Å²) < 4.78 is 62.0. The quantitative estimate of drug-likeness (QED) is 0.121. The van der Waals surface area contributed by atoms with Gasteiger partial charge in [0.2, 0.25) is 5.52 Å². The first-order valence-electron chi connectivity index (χ1n) is 9.04. The topological polar surface area (TPSA) is 129 Å². The maximum absolute atomic E-state index is 12.4. The van der Waals surface area contributed by atoms with Crippen molar-refractivity contribution in [3.05, 3.63) is 75.5 Å². The molecule has 13 heteroatoms. The smallest absolute Gasteiger partial charge is 0.485 e. The van der Waals surface area contributed by atoms with Gasteiger partial charge in [0.1, 0.15) is 12.6 Å². The van der Waals surface area contributed by atoms with Gasteiger partial charge < -0.3 is 10.3 Å². The number of para-hydroxylation sites is 1. The van der Waals surface area contributed by atoms with Crippen molar-refractivity contribution in [3.63, 3.8) is 0 Å². The number of aryl methyl sites for hydroxylation is 1. The maximum atomic E-state index is 12.4. The van der Waals surface area contributed by atoms with Crippen LogP contribution in [0.15, 0.2) is 65.8 Å². The van der Waals surface area contributed by atoms with Crippen LogP contribution in [0.3, 0.4) is 0 Å². The van der Waals surface area contributed by atoms with Gasteiger partial charge in [-0.05, 0) is 52.4 Å². The number of aliphatic imine (C=N–C) groups is 1. The summed E-state index contributed by atoms with van der Waals surface area (Å²) in [5.74, 6) is -0.162. The number of amides is 1. The number of aromatic nitrogens is 1. The summed E-state index contributed by atoms with van der Waals surface area (Å²) in [4.78, 5) is 16.7. The number of fused-ring (bicyclic) bond motifs is 1. The van der Waals surface area contributed by atoms with Crippen molar-refractivity contribution in [2.45, 2.75) is 12.1 Å². The molecule has 0 radical (unpaired) electrons. The summed E-state index contributed by atoms with van der Waals surface area (Å²) in [6.07, 6.45) is 1.78. The highest BCUT2D eigenvalue weighted by molar-refractivity contribution is 14.1. The first kappa shape index (κ1) is 26.5. The molecule has 1 aromatic heterocycles. The number of halogens is 4. The third kappa shape index (κ3) is 7.94. The molecular weight excluding hydrogens is 575 g/mol. The number of carbonyl (C=O) groups excluding carboxylic acids is 1. The number of carbonyl (C=O) groups is 1. The number of nitrogens with one attached hydrogen (secondary N) is 1. The Labute approximate surface area is 201 Å². The van der Waals surface area contributed by atoms with E-state index in [1.807, 2.05) is 66.2 Å². The number of rotatable bonds is 3. The fourth-order valence-corrected chi connectivity index (χ4v) is 3.19. The van der Waals surface area contributed by atoms with Gasteiger partial charge in [-0.1, -0.05) is 24.3 Å². The summed E-state index contributed by atoms with van der Waals surface area (Å²) in [5, 5.41) is 3.64. The third-order valence-corrected chi connectivity index (χ3v) is 5.31. The number of alkyl halides is 3. The Hall–Kier alpha value is -2.78. The molecule has 0 atom stereocenters. The number of pyridine rings is 1. The van der Waals surface area contributed by atoms with Crippen LogP contribution in [0.5, 0.6) is 0 Å². The molecule has 3 rings (SSSR count). The molecule has 3 N–H and O–H groups in total. The Kier molecular flexibility index (Phi) is 8.74. The van der Waals surface area contributed by atoms with Gasteiger partial charge in [-0.25, -0.2) is 18.0 Å². The zero-order valence-electron chi connectivity index (χ0n) is 17.0. The van der Waals surface area contributed by atoms with E-state index in [1.54, 1.807) is 6.20 Å². The van der Waals surface area contributed by atoms with E-state index < -0.39 is 15.6 Å². The Morgan fingerprint density at radius 3 is 2.42 bits per heavy atom. The molecule has 0 aliphatic carbocycles. The van der Waals surface area contributed by atoms with Gasteiger partial charge >= 0.3 is 5.51 Å². The van der Waals surface area contributed by atoms with Crippen molar-refractivity contribution in [1.82, 2.24) is 5.32 Å². The van der Waals surface area contributed by atoms with Gasteiger partial charge in [-0.15, -0.1) is 0 Å². The van der Waals surface area contributed by atoms with Crippen molar-refractivity contribution in [3.8, 4) is 0 Å². The molecule has 0 fully saturated rings. The molecule has 176 valence electrons. The second kappa shape index (κ2) is 10.9. The number of nitrogens with zero attached hydrogens (tertiary/aromatic N) is 2. The van der Waals surface area contributed by atoms with Crippen molar-refractivity contribution >= 4 is 55.5 Å². The van der Waals surface area contributed by atoms with Crippen LogP contribution < -0.4 is 15.6 Å². The van der Waals surface area contributed by atoms with Crippen molar-refractivity contribution < 1.29 is 35.5 Å². The van der Waals surface area contributed by atoms with Gasteiger partial charge in [-0.3, -0.25) is 10.1 Å². The lowest BCUT2D eigenvalue weighted by Gasteiger charge is -2.08. The van der Waals surface area contributed by atoms with Crippen LogP contribution in [0.2, 0.25) is 0 Å². The molecule has 8 nitrogen and oxygen atoms in total. The SMILES string of the molecule is O=S(=O)([O-])C(F)(F)F.[11CH3][n+]1cc(C(=O)NC(N)=NCc2cccc(I)c2)cc2ccccc21. The molecule has 33 heavy (non-hydrogen) atoms. The first-order valence-corrected chi connectivity index (χ1v) is 11.5. The average molecular weight is 593 g/mol. The summed E-state index contributed by atoms with van der Waals surface area (Å²) in [5.41, 5.74) is 2.85. The van der Waals surface area contributed by atoms with Crippen LogP contribution in [0, 0.1) is 3.57 Å². The minimum atomic E-state index is -6.09. The van der Waals surface area contributed by atoms with Crippen LogP contribution in [-0.4, -0.2) is 30.3 Å². The molecule has 0 unspecified atom stereocenters. The number of nitrogens with two attached hydrogens (primary N) is 1. The summed E-state index contributed by atoms with van der Waals surface area (Å²) >= 11 is 2.25. The van der Waals surface area contributed by atoms with E-state index in [1.165, 1.54) is 0 Å². The van der Waals surface area contributed by atoms with E-state index >= 15 is 0 Å². The normalized spacial score (nSPS) is 12.1. The van der Waals surface area contributed by atoms with Gasteiger partial charge in [0.15, 0.2) is 22.3 Å². The Morgan fingerprint density at radius 1 is 1.18 bits per heavy atom. The van der Waals surface area contributed by atoms with Crippen molar-refractivity contribution in [1.29, 1.82) is 0 Å². The van der Waals surface area contributed by atoms with Gasteiger partial charge in [0.25, 0.3) is 5.91 Å². The molecule has 0 bridgehead atoms. The van der Waals surface area contributed by atoms with Crippen LogP contribution in [-0.2, 0) is 23.7 Å². The lowest BCUT2D eigenvalue weighted by Crippen LogP contribution is -2.38. The summed E-state index contributed by atoms with van der Waals surface area (Å²) in [6.45, 7) is 0.425. The van der Waals surface area contributed by atoms with E-state index in [-0.39, 0.29) is 11.9 Å². The Bertz CT molecular complexity index is 1300. The van der Waals surface area contributed by atoms with Gasteiger partial charge in [-0.2, -0.15) is 13.2 Å². The fourth-order valence-electron chi connectivity index (χ4n) is 2.58. The molecule has 0 spiro atoms. The third-order valence-electron chi connectivity index (χ3n) is 4.07. The predicted octanol–water partition coefficient (Wildman–Crippen LogP) is 2.57. The van der Waals surface area contributed by atoms with Crippen molar-refractivity contribution in [2.24, 2.45) is 17.8 Å². The van der Waals surface area contributed by atoms with Crippen molar-refractivity contribution in [2.75, 3.05) is 0 Å². The van der Waals surface area contributed by atoms with Crippen LogP contribution in [0.1, 0.15) is 15.9 Å². The second-order valence-electron chi connectivity index (χ2n) is 6.58. The minimum Gasteiger partial charge on any atom is -0.741 e. The molecule has 1 amide bonds. The maximum Gasteiger partial charge on any atom is 0.485 e. The van der Waals surface area contributed by atoms with E-state index in [0.717, 1.165) is 20.0 Å². The highest BCUT2D eigenvalue weighted by Crippen LogP contribution is 2.20. The monoisotopic (exact) mass is 593 g/mol. The Balaban J connectivity index is 0.000000414. The number of hydrogen-bond donors (Lipinski definition) is 2. The van der Waals surface area contributed by atoms with E-state index in [9.17, 15) is 18.0 Å². The first-order chi connectivity index (χ1) is 15.3. The molecule has 0 aliphatic heterocycles. The molecule has 2 aromatic carbocycles. The van der Waals surface area contributed by atoms with E-state index in [2.05, 4.69) is 32.9 Å². The van der Waals surface area contributed by atoms with Crippen LogP contribution >= 0.6 is 22.6 Å². The van der Waals surface area contributed by atoms with Crippen LogP contribution in [0.4, 0.5) is 13.2 Å². The highest BCUT2D eigenvalue weighted by atomic mass is 127. The zero-order valence-corrected chi connectivity index (χ0v) is 20.0. The van der Waals surface area contributed by atoms with Crippen LogP contribution in [0.25, 0.3) is 10.9 Å². The number of hydrogen-bond acceptors (Lipinski definition) is 5. The molecular formula is C20H18F3IN4O4S. The van der Waals surface area contributed by atoms with E-state index in [4.69, 9.17) is 18.7 Å². The average Bonchev–Trinajstić information content (AvgIpc) is 2.71. The second-order valence-corrected chi connectivity index (χ2v) is 9.20.